The van der Waals surface area contributed by atoms with E-state index >= 15 is 0 Å². The number of ether oxygens (including phenoxy) is 2. The molecule has 5 rings (SSSR count). The quantitative estimate of drug-likeness (QED) is 0.529. The number of nitrogens with one attached hydrogen (secondary N) is 1. The number of rotatable bonds is 3. The molecule has 0 saturated carbocycles. The van der Waals surface area contributed by atoms with Crippen LogP contribution in [0.1, 0.15) is 11.1 Å². The molecule has 0 spiro atoms. The van der Waals surface area contributed by atoms with E-state index in [2.05, 4.69) is 4.98 Å². The highest BCUT2D eigenvalue weighted by atomic mass is 16.6. The summed E-state index contributed by atoms with van der Waals surface area (Å²) in [5.74, 6) is 1.15. The van der Waals surface area contributed by atoms with E-state index in [9.17, 15) is 9.59 Å². The largest absolute Gasteiger partial charge is 0.497 e. The number of hydrogen-bond acceptors (Lipinski definition) is 4. The van der Waals surface area contributed by atoms with Crippen molar-refractivity contribution in [2.45, 2.75) is 13.1 Å². The number of benzene rings is 3. The standard InChI is InChI=1S/C25H20N2O4/c1-30-20-10-11-21-22(12-20)23(13-26-24(21)28)16-6-8-19(9-7-16)31-25(29)27-14-17-4-2-3-5-18(17)15-27/h2-13H,14-15H2,1H3,(H,26,28). The van der Waals surface area contributed by atoms with Gasteiger partial charge >= 0.3 is 6.09 Å². The van der Waals surface area contributed by atoms with Gasteiger partial charge in [0.2, 0.25) is 0 Å². The number of carbonyl (C=O) groups excluding carboxylic acids is 1. The first-order chi connectivity index (χ1) is 15.1. The molecule has 0 atom stereocenters. The zero-order valence-electron chi connectivity index (χ0n) is 16.9. The van der Waals surface area contributed by atoms with Crippen molar-refractivity contribution >= 4 is 16.9 Å². The highest BCUT2D eigenvalue weighted by molar-refractivity contribution is 5.96. The van der Waals surface area contributed by atoms with Crippen LogP contribution in [0.4, 0.5) is 4.79 Å². The lowest BCUT2D eigenvalue weighted by Crippen LogP contribution is -2.28. The third-order valence-corrected chi connectivity index (χ3v) is 5.58. The van der Waals surface area contributed by atoms with Gasteiger partial charge in [-0.05, 0) is 47.0 Å². The average Bonchev–Trinajstić information content (AvgIpc) is 3.24. The Bertz CT molecular complexity index is 1320. The van der Waals surface area contributed by atoms with Crippen LogP contribution in [-0.4, -0.2) is 23.1 Å². The maximum absolute atomic E-state index is 12.6. The first-order valence-corrected chi connectivity index (χ1v) is 9.96. The Labute approximate surface area is 178 Å². The first-order valence-electron chi connectivity index (χ1n) is 9.96. The van der Waals surface area contributed by atoms with Gasteiger partial charge in [0.05, 0.1) is 7.11 Å². The average molecular weight is 412 g/mol. The van der Waals surface area contributed by atoms with Crippen molar-refractivity contribution in [1.82, 2.24) is 9.88 Å². The topological polar surface area (TPSA) is 71.6 Å². The van der Waals surface area contributed by atoms with E-state index in [1.54, 1.807) is 42.5 Å². The molecule has 1 N–H and O–H groups in total. The van der Waals surface area contributed by atoms with Gasteiger partial charge < -0.3 is 14.5 Å². The summed E-state index contributed by atoms with van der Waals surface area (Å²) in [5.41, 5.74) is 3.90. The second-order valence-corrected chi connectivity index (χ2v) is 7.46. The maximum atomic E-state index is 12.6. The smallest absolute Gasteiger partial charge is 0.415 e. The van der Waals surface area contributed by atoms with Crippen LogP contribution in [0.3, 0.4) is 0 Å². The summed E-state index contributed by atoms with van der Waals surface area (Å²) in [6, 6.07) is 20.6. The molecule has 6 heteroatoms. The zero-order valence-corrected chi connectivity index (χ0v) is 16.9. The molecule has 0 aliphatic carbocycles. The Hall–Kier alpha value is -4.06. The molecular weight excluding hydrogens is 392 g/mol. The second kappa shape index (κ2) is 7.65. The predicted molar refractivity (Wildman–Crippen MR) is 118 cm³/mol. The van der Waals surface area contributed by atoms with E-state index in [0.717, 1.165) is 27.6 Å². The van der Waals surface area contributed by atoms with E-state index in [4.69, 9.17) is 9.47 Å². The summed E-state index contributed by atoms with van der Waals surface area (Å²) < 4.78 is 10.9. The van der Waals surface area contributed by atoms with E-state index in [-0.39, 0.29) is 11.7 Å². The molecule has 1 aliphatic heterocycles. The van der Waals surface area contributed by atoms with E-state index in [1.807, 2.05) is 42.5 Å². The number of amides is 1. The molecule has 1 aliphatic rings. The summed E-state index contributed by atoms with van der Waals surface area (Å²) in [5, 5.41) is 1.38. The zero-order chi connectivity index (χ0) is 21.4. The molecule has 2 heterocycles. The Kier molecular flexibility index (Phi) is 4.67. The van der Waals surface area contributed by atoms with Gasteiger partial charge in [-0.2, -0.15) is 0 Å². The molecule has 6 nitrogen and oxygen atoms in total. The normalized spacial score (nSPS) is 12.6. The molecule has 1 amide bonds. The van der Waals surface area contributed by atoms with Crippen LogP contribution in [0.2, 0.25) is 0 Å². The van der Waals surface area contributed by atoms with Gasteiger partial charge in [-0.3, -0.25) is 9.69 Å². The van der Waals surface area contributed by atoms with E-state index in [0.29, 0.717) is 30.0 Å². The van der Waals surface area contributed by atoms with Crippen LogP contribution in [-0.2, 0) is 13.1 Å². The van der Waals surface area contributed by atoms with Gasteiger partial charge in [0.15, 0.2) is 0 Å². The number of fused-ring (bicyclic) bond motifs is 2. The minimum absolute atomic E-state index is 0.154. The molecule has 3 aromatic carbocycles. The fraction of sp³-hybridized carbons (Fsp3) is 0.120. The summed E-state index contributed by atoms with van der Waals surface area (Å²) >= 11 is 0. The summed E-state index contributed by atoms with van der Waals surface area (Å²) in [6.07, 6.45) is 1.32. The number of aromatic amines is 1. The van der Waals surface area contributed by atoms with E-state index in [1.165, 1.54) is 0 Å². The Balaban J connectivity index is 1.38. The van der Waals surface area contributed by atoms with Gasteiger partial charge in [0.25, 0.3) is 5.56 Å². The van der Waals surface area contributed by atoms with Gasteiger partial charge in [-0.15, -0.1) is 0 Å². The number of nitrogens with zero attached hydrogens (tertiary/aromatic N) is 1. The van der Waals surface area contributed by atoms with Crippen molar-refractivity contribution in [3.8, 4) is 22.6 Å². The fourth-order valence-electron chi connectivity index (χ4n) is 3.93. The van der Waals surface area contributed by atoms with Crippen LogP contribution in [0.5, 0.6) is 11.5 Å². The van der Waals surface area contributed by atoms with Crippen LogP contribution >= 0.6 is 0 Å². The van der Waals surface area contributed by atoms with Crippen LogP contribution in [0.15, 0.2) is 77.7 Å². The highest BCUT2D eigenvalue weighted by Crippen LogP contribution is 2.30. The molecule has 0 saturated heterocycles. The van der Waals surface area contributed by atoms with Gasteiger partial charge in [-0.1, -0.05) is 36.4 Å². The lowest BCUT2D eigenvalue weighted by molar-refractivity contribution is 0.152. The van der Waals surface area contributed by atoms with Crippen molar-refractivity contribution < 1.29 is 14.3 Å². The molecule has 0 unspecified atom stereocenters. The van der Waals surface area contributed by atoms with Gasteiger partial charge in [-0.25, -0.2) is 4.79 Å². The number of pyridine rings is 1. The Morgan fingerprint density at radius 2 is 1.58 bits per heavy atom. The van der Waals surface area contributed by atoms with Crippen molar-refractivity contribution in [2.75, 3.05) is 7.11 Å². The summed E-state index contributed by atoms with van der Waals surface area (Å²) in [6.45, 7) is 1.11. The lowest BCUT2D eigenvalue weighted by atomic mass is 10.0. The van der Waals surface area contributed by atoms with Crippen LogP contribution in [0.25, 0.3) is 21.9 Å². The predicted octanol–water partition coefficient (Wildman–Crippen LogP) is 4.72. The number of carbonyl (C=O) groups is 1. The molecule has 154 valence electrons. The van der Waals surface area contributed by atoms with Crippen LogP contribution < -0.4 is 15.0 Å². The summed E-state index contributed by atoms with van der Waals surface area (Å²) in [7, 11) is 1.59. The highest BCUT2D eigenvalue weighted by Gasteiger charge is 2.24. The van der Waals surface area contributed by atoms with Crippen LogP contribution in [0, 0.1) is 0 Å². The number of aromatic nitrogens is 1. The van der Waals surface area contributed by atoms with Gasteiger partial charge in [0.1, 0.15) is 11.5 Å². The molecule has 31 heavy (non-hydrogen) atoms. The molecule has 4 aromatic rings. The van der Waals surface area contributed by atoms with E-state index < -0.39 is 0 Å². The van der Waals surface area contributed by atoms with Crippen molar-refractivity contribution in [3.63, 3.8) is 0 Å². The number of H-pyrrole nitrogens is 1. The number of hydrogen-bond donors (Lipinski definition) is 1. The SMILES string of the molecule is COc1ccc2c(=O)[nH]cc(-c3ccc(OC(=O)N4Cc5ccccc5C4)cc3)c2c1. The maximum Gasteiger partial charge on any atom is 0.415 e. The van der Waals surface area contributed by atoms with Crippen molar-refractivity contribution in [1.29, 1.82) is 0 Å². The second-order valence-electron chi connectivity index (χ2n) is 7.46. The molecule has 0 radical (unpaired) electrons. The minimum atomic E-state index is -0.372. The molecule has 1 aromatic heterocycles. The van der Waals surface area contributed by atoms with Gasteiger partial charge in [0, 0.05) is 35.6 Å². The fourth-order valence-corrected chi connectivity index (χ4v) is 3.93. The first kappa shape index (κ1) is 18.9. The third kappa shape index (κ3) is 3.53. The lowest BCUT2D eigenvalue weighted by Gasteiger charge is -2.15. The molecule has 0 fully saturated rings. The minimum Gasteiger partial charge on any atom is -0.497 e. The monoisotopic (exact) mass is 412 g/mol. The Morgan fingerprint density at radius 3 is 2.26 bits per heavy atom. The Morgan fingerprint density at radius 1 is 0.903 bits per heavy atom. The van der Waals surface area contributed by atoms with Crippen molar-refractivity contribution in [2.24, 2.45) is 0 Å². The number of methoxy groups -OCH3 is 1. The third-order valence-electron chi connectivity index (χ3n) is 5.58. The van der Waals surface area contributed by atoms with Crippen molar-refractivity contribution in [3.05, 3.63) is 94.4 Å². The summed E-state index contributed by atoms with van der Waals surface area (Å²) in [4.78, 5) is 29.2. The molecular formula is C25H20N2O4. The molecule has 0 bridgehead atoms.